The summed E-state index contributed by atoms with van der Waals surface area (Å²) in [6, 6.07) is 5.22. The number of hydrogen-bond donors (Lipinski definition) is 1. The summed E-state index contributed by atoms with van der Waals surface area (Å²) >= 11 is 5.98. The number of benzene rings is 1. The van der Waals surface area contributed by atoms with Crippen LogP contribution in [0.15, 0.2) is 18.2 Å². The highest BCUT2D eigenvalue weighted by Gasteiger charge is 2.20. The third-order valence-corrected chi connectivity index (χ3v) is 4.12. The lowest BCUT2D eigenvalue weighted by Gasteiger charge is -2.22. The molecule has 126 valence electrons. The molecule has 1 heterocycles. The molecule has 0 saturated carbocycles. The maximum Gasteiger partial charge on any atom is 0.241 e. The number of carbonyl (C=O) groups is 2. The van der Waals surface area contributed by atoms with Crippen LogP contribution < -0.4 is 10.1 Å². The molecule has 0 bridgehead atoms. The number of nitrogens with one attached hydrogen (secondary N) is 1. The number of amides is 2. The molecule has 1 saturated heterocycles. The molecule has 23 heavy (non-hydrogen) atoms. The maximum atomic E-state index is 12.4. The summed E-state index contributed by atoms with van der Waals surface area (Å²) in [6.07, 6.45) is 0.797. The summed E-state index contributed by atoms with van der Waals surface area (Å²) in [6.45, 7) is 4.24. The SMILES string of the molecule is COc1ccc(Cl)cc1NCC(=O)N1CCCN(C(C)=O)CC1. The van der Waals surface area contributed by atoms with Crippen molar-refractivity contribution >= 4 is 29.1 Å². The van der Waals surface area contributed by atoms with Crippen LogP contribution >= 0.6 is 11.6 Å². The van der Waals surface area contributed by atoms with Gasteiger partial charge in [0.25, 0.3) is 0 Å². The lowest BCUT2D eigenvalue weighted by molar-refractivity contribution is -0.131. The number of halogens is 1. The van der Waals surface area contributed by atoms with Gasteiger partial charge in [0.2, 0.25) is 11.8 Å². The Kier molecular flexibility index (Phi) is 6.10. The number of carbonyl (C=O) groups excluding carboxylic acids is 2. The molecule has 6 nitrogen and oxygen atoms in total. The fourth-order valence-electron chi connectivity index (χ4n) is 2.58. The third-order valence-electron chi connectivity index (χ3n) is 3.89. The summed E-state index contributed by atoms with van der Waals surface area (Å²) in [5.41, 5.74) is 0.688. The van der Waals surface area contributed by atoms with Gasteiger partial charge in [-0.1, -0.05) is 11.6 Å². The van der Waals surface area contributed by atoms with E-state index in [1.807, 2.05) is 0 Å². The van der Waals surface area contributed by atoms with Gasteiger partial charge in [0.15, 0.2) is 0 Å². The van der Waals surface area contributed by atoms with Gasteiger partial charge in [0.05, 0.1) is 19.3 Å². The zero-order valence-corrected chi connectivity index (χ0v) is 14.2. The quantitative estimate of drug-likeness (QED) is 0.909. The molecule has 0 unspecified atom stereocenters. The highest BCUT2D eigenvalue weighted by atomic mass is 35.5. The average molecular weight is 340 g/mol. The van der Waals surface area contributed by atoms with Crippen molar-refractivity contribution in [2.45, 2.75) is 13.3 Å². The largest absolute Gasteiger partial charge is 0.495 e. The van der Waals surface area contributed by atoms with E-state index in [9.17, 15) is 9.59 Å². The summed E-state index contributed by atoms with van der Waals surface area (Å²) < 4.78 is 5.25. The molecule has 7 heteroatoms. The summed E-state index contributed by atoms with van der Waals surface area (Å²) in [5.74, 6) is 0.694. The van der Waals surface area contributed by atoms with E-state index in [4.69, 9.17) is 16.3 Å². The predicted molar refractivity (Wildman–Crippen MR) is 89.9 cm³/mol. The molecule has 0 radical (unpaired) electrons. The van der Waals surface area contributed by atoms with Gasteiger partial charge in [-0.05, 0) is 24.6 Å². The Morgan fingerprint density at radius 2 is 1.91 bits per heavy atom. The van der Waals surface area contributed by atoms with E-state index in [1.54, 1.807) is 42.0 Å². The molecule has 0 aliphatic carbocycles. The van der Waals surface area contributed by atoms with Crippen molar-refractivity contribution < 1.29 is 14.3 Å². The van der Waals surface area contributed by atoms with Gasteiger partial charge in [0, 0.05) is 38.1 Å². The molecule has 1 aromatic rings. The minimum atomic E-state index is -0.00238. The molecule has 0 spiro atoms. The van der Waals surface area contributed by atoms with E-state index < -0.39 is 0 Å². The minimum absolute atomic E-state index is 0.00238. The predicted octanol–water partition coefficient (Wildman–Crippen LogP) is 1.84. The van der Waals surface area contributed by atoms with E-state index in [-0.39, 0.29) is 18.4 Å². The Hall–Kier alpha value is -1.95. The van der Waals surface area contributed by atoms with E-state index in [1.165, 1.54) is 0 Å². The second-order valence-electron chi connectivity index (χ2n) is 5.44. The van der Waals surface area contributed by atoms with Crippen LogP contribution in [-0.4, -0.2) is 61.4 Å². The number of ether oxygens (including phenoxy) is 1. The third kappa shape index (κ3) is 4.76. The van der Waals surface area contributed by atoms with Crippen LogP contribution in [-0.2, 0) is 9.59 Å². The van der Waals surface area contributed by atoms with Gasteiger partial charge < -0.3 is 19.9 Å². The first-order valence-electron chi connectivity index (χ1n) is 7.62. The van der Waals surface area contributed by atoms with Crippen molar-refractivity contribution in [3.05, 3.63) is 23.2 Å². The van der Waals surface area contributed by atoms with Crippen LogP contribution in [0.5, 0.6) is 5.75 Å². The van der Waals surface area contributed by atoms with Crippen LogP contribution in [0.4, 0.5) is 5.69 Å². The van der Waals surface area contributed by atoms with Gasteiger partial charge in [0.1, 0.15) is 5.75 Å². The lowest BCUT2D eigenvalue weighted by atomic mass is 10.3. The second kappa shape index (κ2) is 8.06. The van der Waals surface area contributed by atoms with E-state index in [2.05, 4.69) is 5.32 Å². The zero-order valence-electron chi connectivity index (χ0n) is 13.5. The Morgan fingerprint density at radius 3 is 2.61 bits per heavy atom. The number of rotatable bonds is 4. The van der Waals surface area contributed by atoms with Crippen molar-refractivity contribution in [3.63, 3.8) is 0 Å². The standard InChI is InChI=1S/C16H22ClN3O3/c1-12(21)19-6-3-7-20(9-8-19)16(22)11-18-14-10-13(17)4-5-15(14)23-2/h4-5,10,18H,3,6-9,11H2,1-2H3. The monoisotopic (exact) mass is 339 g/mol. The Balaban J connectivity index is 1.92. The molecule has 2 rings (SSSR count). The fourth-order valence-corrected chi connectivity index (χ4v) is 2.75. The van der Waals surface area contributed by atoms with Crippen LogP contribution in [0.1, 0.15) is 13.3 Å². The molecule has 1 fully saturated rings. The first-order chi connectivity index (χ1) is 11.0. The first-order valence-corrected chi connectivity index (χ1v) is 7.99. The van der Waals surface area contributed by atoms with Crippen molar-refractivity contribution in [2.24, 2.45) is 0 Å². The average Bonchev–Trinajstić information content (AvgIpc) is 2.79. The zero-order chi connectivity index (χ0) is 16.8. The minimum Gasteiger partial charge on any atom is -0.495 e. The van der Waals surface area contributed by atoms with Crippen LogP contribution in [0.2, 0.25) is 5.02 Å². The molecule has 2 amide bonds. The van der Waals surface area contributed by atoms with E-state index in [0.29, 0.717) is 42.6 Å². The van der Waals surface area contributed by atoms with Crippen molar-refractivity contribution in [3.8, 4) is 5.75 Å². The highest BCUT2D eigenvalue weighted by Crippen LogP contribution is 2.27. The number of anilines is 1. The molecule has 1 aliphatic heterocycles. The molecular weight excluding hydrogens is 318 g/mol. The smallest absolute Gasteiger partial charge is 0.241 e. The molecule has 1 aliphatic rings. The molecule has 0 aromatic heterocycles. The first kappa shape index (κ1) is 17.4. The Labute approximate surface area is 141 Å². The number of hydrogen-bond acceptors (Lipinski definition) is 4. The topological polar surface area (TPSA) is 61.9 Å². The number of methoxy groups -OCH3 is 1. The lowest BCUT2D eigenvalue weighted by Crippen LogP contribution is -2.39. The Bertz CT molecular complexity index is 580. The second-order valence-corrected chi connectivity index (χ2v) is 5.88. The van der Waals surface area contributed by atoms with Gasteiger partial charge in [-0.2, -0.15) is 0 Å². The van der Waals surface area contributed by atoms with Crippen molar-refractivity contribution in [2.75, 3.05) is 45.2 Å². The molecule has 1 N–H and O–H groups in total. The van der Waals surface area contributed by atoms with Gasteiger partial charge >= 0.3 is 0 Å². The van der Waals surface area contributed by atoms with Crippen LogP contribution in [0.25, 0.3) is 0 Å². The van der Waals surface area contributed by atoms with Gasteiger partial charge in [-0.25, -0.2) is 0 Å². The summed E-state index contributed by atoms with van der Waals surface area (Å²) in [4.78, 5) is 27.4. The Morgan fingerprint density at radius 1 is 1.22 bits per heavy atom. The van der Waals surface area contributed by atoms with E-state index >= 15 is 0 Å². The van der Waals surface area contributed by atoms with Gasteiger partial charge in [-0.15, -0.1) is 0 Å². The summed E-state index contributed by atoms with van der Waals surface area (Å²) in [7, 11) is 1.57. The van der Waals surface area contributed by atoms with Crippen molar-refractivity contribution in [1.82, 2.24) is 9.80 Å². The molecular formula is C16H22ClN3O3. The number of nitrogens with zero attached hydrogens (tertiary/aromatic N) is 2. The van der Waals surface area contributed by atoms with Gasteiger partial charge in [-0.3, -0.25) is 9.59 Å². The highest BCUT2D eigenvalue weighted by molar-refractivity contribution is 6.30. The van der Waals surface area contributed by atoms with Crippen LogP contribution in [0.3, 0.4) is 0 Å². The van der Waals surface area contributed by atoms with Crippen molar-refractivity contribution in [1.29, 1.82) is 0 Å². The maximum absolute atomic E-state index is 12.4. The summed E-state index contributed by atoms with van der Waals surface area (Å²) in [5, 5.41) is 3.65. The van der Waals surface area contributed by atoms with E-state index in [0.717, 1.165) is 6.42 Å². The fraction of sp³-hybridized carbons (Fsp3) is 0.500. The molecule has 0 atom stereocenters. The molecule has 1 aromatic carbocycles. The normalized spacial score (nSPS) is 15.1. The van der Waals surface area contributed by atoms with Crippen LogP contribution in [0, 0.1) is 0 Å².